The van der Waals surface area contributed by atoms with Crippen molar-refractivity contribution in [3.05, 3.63) is 47.7 Å². The molecule has 3 aliphatic rings. The maximum Gasteiger partial charge on any atom is 0.410 e. The van der Waals surface area contributed by atoms with Crippen molar-refractivity contribution in [3.63, 3.8) is 0 Å². The van der Waals surface area contributed by atoms with Gasteiger partial charge in [-0.25, -0.2) is 4.79 Å². The van der Waals surface area contributed by atoms with Gasteiger partial charge in [-0.2, -0.15) is 0 Å². The first-order chi connectivity index (χ1) is 9.73. The van der Waals surface area contributed by atoms with Gasteiger partial charge in [-0.15, -0.1) is 0 Å². The minimum absolute atomic E-state index is 0.197. The number of carbonyl (C=O) groups is 1. The number of rotatable bonds is 2. The zero-order valence-corrected chi connectivity index (χ0v) is 11.4. The van der Waals surface area contributed by atoms with Gasteiger partial charge < -0.3 is 9.47 Å². The lowest BCUT2D eigenvalue weighted by molar-refractivity contribution is 0.135. The smallest absolute Gasteiger partial charge is 0.410 e. The Morgan fingerprint density at radius 3 is 3.05 bits per heavy atom. The lowest BCUT2D eigenvalue weighted by Crippen LogP contribution is -2.40. The summed E-state index contributed by atoms with van der Waals surface area (Å²) in [6, 6.07) is 8.53. The second-order valence-electron chi connectivity index (χ2n) is 5.79. The molecule has 0 radical (unpaired) electrons. The third-order valence-corrected chi connectivity index (χ3v) is 4.72. The van der Waals surface area contributed by atoms with E-state index in [2.05, 4.69) is 31.2 Å². The van der Waals surface area contributed by atoms with E-state index in [4.69, 9.17) is 9.47 Å². The highest BCUT2D eigenvalue weighted by Crippen LogP contribution is 2.63. The van der Waals surface area contributed by atoms with Crippen molar-refractivity contribution in [3.8, 4) is 0 Å². The molecule has 1 amide bonds. The molecule has 4 rings (SSSR count). The SMILES string of the molecule is Cc1cccc([C@@H]2[C@H]3COC=C[C@]32N2CCOC2=O)c1. The molecular formula is C16H17NO3. The number of cyclic esters (lactones) is 1. The quantitative estimate of drug-likeness (QED) is 0.829. The lowest BCUT2D eigenvalue weighted by atomic mass is 10.0. The normalized spacial score (nSPS) is 34.5. The van der Waals surface area contributed by atoms with Crippen LogP contribution in [0.5, 0.6) is 0 Å². The Balaban J connectivity index is 1.75. The van der Waals surface area contributed by atoms with Crippen molar-refractivity contribution < 1.29 is 14.3 Å². The van der Waals surface area contributed by atoms with Crippen LogP contribution in [-0.2, 0) is 9.47 Å². The number of aryl methyl sites for hydroxylation is 1. The summed E-state index contributed by atoms with van der Waals surface area (Å²) in [5.74, 6) is 0.645. The van der Waals surface area contributed by atoms with Crippen LogP contribution in [0.4, 0.5) is 4.79 Å². The molecule has 2 fully saturated rings. The Hall–Kier alpha value is -1.97. The van der Waals surface area contributed by atoms with Gasteiger partial charge in [0.2, 0.25) is 0 Å². The highest BCUT2D eigenvalue weighted by Gasteiger charge is 2.70. The van der Waals surface area contributed by atoms with E-state index in [1.54, 1.807) is 6.26 Å². The molecule has 3 atom stereocenters. The molecule has 1 saturated heterocycles. The van der Waals surface area contributed by atoms with E-state index in [-0.39, 0.29) is 11.6 Å². The van der Waals surface area contributed by atoms with Crippen LogP contribution >= 0.6 is 0 Å². The first-order valence-corrected chi connectivity index (χ1v) is 7.04. The van der Waals surface area contributed by atoms with E-state index < -0.39 is 0 Å². The predicted molar refractivity (Wildman–Crippen MR) is 73.3 cm³/mol. The Labute approximate surface area is 118 Å². The number of carbonyl (C=O) groups excluding carboxylic acids is 1. The summed E-state index contributed by atoms with van der Waals surface area (Å²) in [5.41, 5.74) is 2.29. The fourth-order valence-corrected chi connectivity index (χ4v) is 3.81. The molecule has 4 nitrogen and oxygen atoms in total. The van der Waals surface area contributed by atoms with Crippen molar-refractivity contribution in [1.29, 1.82) is 0 Å². The van der Waals surface area contributed by atoms with E-state index in [1.807, 2.05) is 11.0 Å². The molecule has 104 valence electrons. The van der Waals surface area contributed by atoms with Crippen molar-refractivity contribution in [2.45, 2.75) is 18.4 Å². The van der Waals surface area contributed by atoms with Gasteiger partial charge in [-0.05, 0) is 18.6 Å². The Bertz CT molecular complexity index is 597. The van der Waals surface area contributed by atoms with Crippen LogP contribution in [0.15, 0.2) is 36.6 Å². The van der Waals surface area contributed by atoms with Gasteiger partial charge in [0.05, 0.1) is 25.0 Å². The van der Waals surface area contributed by atoms with Gasteiger partial charge in [0, 0.05) is 11.8 Å². The second-order valence-corrected chi connectivity index (χ2v) is 5.79. The predicted octanol–water partition coefficient (Wildman–Crippen LogP) is 2.44. The van der Waals surface area contributed by atoms with Crippen LogP contribution in [0, 0.1) is 12.8 Å². The van der Waals surface area contributed by atoms with Crippen LogP contribution < -0.4 is 0 Å². The summed E-state index contributed by atoms with van der Waals surface area (Å²) in [4.78, 5) is 13.9. The maximum absolute atomic E-state index is 12.0. The van der Waals surface area contributed by atoms with Gasteiger partial charge in [-0.1, -0.05) is 29.8 Å². The maximum atomic E-state index is 12.0. The Morgan fingerprint density at radius 2 is 2.30 bits per heavy atom. The van der Waals surface area contributed by atoms with Gasteiger partial charge in [0.15, 0.2) is 0 Å². The number of benzene rings is 1. The third kappa shape index (κ3) is 1.45. The molecule has 0 bridgehead atoms. The molecule has 20 heavy (non-hydrogen) atoms. The van der Waals surface area contributed by atoms with E-state index in [9.17, 15) is 4.79 Å². The summed E-state index contributed by atoms with van der Waals surface area (Å²) in [6.07, 6.45) is 3.58. The number of nitrogens with zero attached hydrogens (tertiary/aromatic N) is 1. The van der Waals surface area contributed by atoms with Crippen LogP contribution in [0.3, 0.4) is 0 Å². The second kappa shape index (κ2) is 4.01. The van der Waals surface area contributed by atoms with Gasteiger partial charge in [-0.3, -0.25) is 4.90 Å². The average molecular weight is 271 g/mol. The molecule has 0 N–H and O–H groups in total. The average Bonchev–Trinajstić information content (AvgIpc) is 2.94. The molecule has 2 heterocycles. The van der Waals surface area contributed by atoms with Gasteiger partial charge in [0.1, 0.15) is 6.61 Å². The highest BCUT2D eigenvalue weighted by atomic mass is 16.6. The number of hydrogen-bond donors (Lipinski definition) is 0. The van der Waals surface area contributed by atoms with Crippen molar-refractivity contribution in [2.75, 3.05) is 19.8 Å². The largest absolute Gasteiger partial charge is 0.501 e. The molecule has 4 heteroatoms. The molecular weight excluding hydrogens is 254 g/mol. The van der Waals surface area contributed by atoms with Crippen LogP contribution in [0.2, 0.25) is 0 Å². The third-order valence-electron chi connectivity index (χ3n) is 4.72. The monoisotopic (exact) mass is 271 g/mol. The fraction of sp³-hybridized carbons (Fsp3) is 0.438. The summed E-state index contributed by atoms with van der Waals surface area (Å²) in [5, 5.41) is 0. The zero-order chi connectivity index (χ0) is 13.7. The molecule has 0 aromatic heterocycles. The molecule has 0 spiro atoms. The first-order valence-electron chi connectivity index (χ1n) is 7.04. The Kier molecular flexibility index (Phi) is 2.37. The minimum Gasteiger partial charge on any atom is -0.501 e. The molecule has 1 aromatic rings. The number of amides is 1. The standard InChI is InChI=1S/C16H17NO3/c1-11-3-2-4-12(9-11)14-13-10-19-7-5-16(13,14)17-6-8-20-15(17)18/h2-5,7,9,13-14H,6,8,10H2,1H3/t13-,14-,16+/m1/s1. The minimum atomic E-state index is -0.236. The number of fused-ring (bicyclic) bond motifs is 1. The van der Waals surface area contributed by atoms with Crippen molar-refractivity contribution in [2.24, 2.45) is 5.92 Å². The highest BCUT2D eigenvalue weighted by molar-refractivity contribution is 5.73. The summed E-state index contributed by atoms with van der Waals surface area (Å²) < 4.78 is 10.6. The summed E-state index contributed by atoms with van der Waals surface area (Å²) in [6.45, 7) is 3.92. The zero-order valence-electron chi connectivity index (χ0n) is 11.4. The number of hydrogen-bond acceptors (Lipinski definition) is 3. The van der Waals surface area contributed by atoms with Gasteiger partial charge >= 0.3 is 6.09 Å². The van der Waals surface area contributed by atoms with Gasteiger partial charge in [0.25, 0.3) is 0 Å². The molecule has 1 saturated carbocycles. The van der Waals surface area contributed by atoms with Crippen LogP contribution in [0.1, 0.15) is 17.0 Å². The number of ether oxygens (including phenoxy) is 2. The molecule has 1 aromatic carbocycles. The van der Waals surface area contributed by atoms with Crippen molar-refractivity contribution >= 4 is 6.09 Å². The summed E-state index contributed by atoms with van der Waals surface area (Å²) in [7, 11) is 0. The first kappa shape index (κ1) is 11.8. The Morgan fingerprint density at radius 1 is 1.40 bits per heavy atom. The summed E-state index contributed by atoms with van der Waals surface area (Å²) >= 11 is 0. The molecule has 1 aliphatic carbocycles. The fourth-order valence-electron chi connectivity index (χ4n) is 3.81. The molecule has 0 unspecified atom stereocenters. The van der Waals surface area contributed by atoms with E-state index >= 15 is 0 Å². The van der Waals surface area contributed by atoms with Crippen LogP contribution in [-0.4, -0.2) is 36.3 Å². The van der Waals surface area contributed by atoms with E-state index in [0.717, 1.165) is 0 Å². The molecule has 2 aliphatic heterocycles. The van der Waals surface area contributed by atoms with E-state index in [0.29, 0.717) is 31.6 Å². The topological polar surface area (TPSA) is 38.8 Å². The lowest BCUT2D eigenvalue weighted by Gasteiger charge is -2.26. The van der Waals surface area contributed by atoms with Crippen molar-refractivity contribution in [1.82, 2.24) is 4.90 Å². The van der Waals surface area contributed by atoms with E-state index in [1.165, 1.54) is 11.1 Å². The van der Waals surface area contributed by atoms with Crippen LogP contribution in [0.25, 0.3) is 0 Å².